The first-order valence-corrected chi connectivity index (χ1v) is 9.63. The van der Waals surface area contributed by atoms with Crippen molar-refractivity contribution < 1.29 is 18.7 Å². The van der Waals surface area contributed by atoms with Crippen molar-refractivity contribution in [1.82, 2.24) is 19.9 Å². The average molecular weight is 407 g/mol. The van der Waals surface area contributed by atoms with E-state index in [1.54, 1.807) is 13.1 Å². The van der Waals surface area contributed by atoms with Crippen molar-refractivity contribution in [2.45, 2.75) is 31.8 Å². The summed E-state index contributed by atoms with van der Waals surface area (Å²) >= 11 is 1.20. The number of hydrogen-bond donors (Lipinski definition) is 3. The molecule has 28 heavy (non-hydrogen) atoms. The van der Waals surface area contributed by atoms with E-state index >= 15 is 0 Å². The highest BCUT2D eigenvalue weighted by Gasteiger charge is 2.24. The first-order valence-electron chi connectivity index (χ1n) is 8.64. The number of fused-ring (bicyclic) bond motifs is 1. The monoisotopic (exact) mass is 407 g/mol. The number of thioether (sulfide) groups is 1. The molecule has 0 aliphatic heterocycles. The summed E-state index contributed by atoms with van der Waals surface area (Å²) in [5.41, 5.74) is 0.929. The summed E-state index contributed by atoms with van der Waals surface area (Å²) in [5, 5.41) is 12.6. The highest BCUT2D eigenvalue weighted by Crippen LogP contribution is 2.31. The third-order valence-corrected chi connectivity index (χ3v) is 5.18. The Kier molecular flexibility index (Phi) is 5.78. The largest absolute Gasteiger partial charge is 0.481 e. The number of pyridine rings is 1. The molecule has 10 heteroatoms. The fourth-order valence-corrected chi connectivity index (χ4v) is 3.24. The Morgan fingerprint density at radius 1 is 1.36 bits per heavy atom. The highest BCUT2D eigenvalue weighted by atomic mass is 32.2. The van der Waals surface area contributed by atoms with Crippen LogP contribution in [0, 0.1) is 17.6 Å². The lowest BCUT2D eigenvalue weighted by Crippen LogP contribution is -2.30. The number of aromatic amines is 1. The second-order valence-electron chi connectivity index (χ2n) is 6.26. The summed E-state index contributed by atoms with van der Waals surface area (Å²) in [5.74, 6) is -2.25. The summed E-state index contributed by atoms with van der Waals surface area (Å²) < 4.78 is 28.5. The lowest BCUT2D eigenvalue weighted by molar-refractivity contribution is -0.141. The molecule has 0 radical (unpaired) electrons. The lowest BCUT2D eigenvalue weighted by atomic mass is 10.0. The first kappa shape index (κ1) is 20.0. The summed E-state index contributed by atoms with van der Waals surface area (Å²) in [6, 6.07) is 0.728. The molecule has 3 rings (SSSR count). The molecular formula is C18H19F2N5O2S. The molecular weight excluding hydrogens is 388 g/mol. The van der Waals surface area contributed by atoms with Gasteiger partial charge in [0.05, 0.1) is 12.1 Å². The molecule has 0 bridgehead atoms. The van der Waals surface area contributed by atoms with E-state index in [4.69, 9.17) is 0 Å². The molecule has 0 saturated heterocycles. The van der Waals surface area contributed by atoms with Gasteiger partial charge in [0.25, 0.3) is 0 Å². The minimum absolute atomic E-state index is 0.0970. The van der Waals surface area contributed by atoms with Gasteiger partial charge in [-0.25, -0.2) is 19.3 Å². The standard InChI is InChI=1S/C18H19F2N5O2S/c1-4-28-17-13(20)16(23-9(3)8(2)18(26)27)24-15(25-17)12-7-22-14-11(12)5-10(19)6-21-14/h5-9H,4H2,1-3H3,(H,21,22)(H,26,27)(H,23,24,25)/t8-,9-/m0/s1. The van der Waals surface area contributed by atoms with Crippen LogP contribution >= 0.6 is 11.8 Å². The molecule has 0 fully saturated rings. The van der Waals surface area contributed by atoms with E-state index in [1.165, 1.54) is 24.8 Å². The fraction of sp³-hybridized carbons (Fsp3) is 0.333. The van der Waals surface area contributed by atoms with Gasteiger partial charge < -0.3 is 15.4 Å². The molecule has 0 aromatic carbocycles. The van der Waals surface area contributed by atoms with E-state index in [2.05, 4.69) is 25.3 Å². The maximum atomic E-state index is 14.8. The third-order valence-electron chi connectivity index (χ3n) is 4.34. The molecule has 148 valence electrons. The Bertz CT molecular complexity index is 1030. The second kappa shape index (κ2) is 8.09. The van der Waals surface area contributed by atoms with Gasteiger partial charge in [0.2, 0.25) is 0 Å². The Balaban J connectivity index is 2.09. The number of aliphatic carboxylic acids is 1. The number of nitrogens with one attached hydrogen (secondary N) is 2. The van der Waals surface area contributed by atoms with Crippen LogP contribution in [0.3, 0.4) is 0 Å². The lowest BCUT2D eigenvalue weighted by Gasteiger charge is -2.19. The predicted molar refractivity (Wildman–Crippen MR) is 103 cm³/mol. The molecule has 3 aromatic heterocycles. The summed E-state index contributed by atoms with van der Waals surface area (Å²) in [6.07, 6.45) is 2.67. The molecule has 0 aliphatic carbocycles. The number of carbonyl (C=O) groups is 1. The molecule has 0 spiro atoms. The van der Waals surface area contributed by atoms with Crippen LogP contribution in [-0.4, -0.2) is 42.8 Å². The Labute approximate surface area is 164 Å². The topological polar surface area (TPSA) is 104 Å². The van der Waals surface area contributed by atoms with E-state index in [0.717, 1.165) is 6.20 Å². The number of rotatable bonds is 7. The Morgan fingerprint density at radius 3 is 2.79 bits per heavy atom. The van der Waals surface area contributed by atoms with Crippen molar-refractivity contribution in [2.75, 3.05) is 11.1 Å². The number of anilines is 1. The molecule has 3 aromatic rings. The quantitative estimate of drug-likeness (QED) is 0.403. The van der Waals surface area contributed by atoms with Crippen molar-refractivity contribution in [3.05, 3.63) is 30.1 Å². The van der Waals surface area contributed by atoms with Crippen LogP contribution in [0.4, 0.5) is 14.6 Å². The molecule has 0 aliphatic rings. The Hall–Kier alpha value is -2.75. The van der Waals surface area contributed by atoms with E-state index in [-0.39, 0.29) is 16.7 Å². The minimum atomic E-state index is -1.00. The van der Waals surface area contributed by atoms with Gasteiger partial charge in [-0.3, -0.25) is 4.79 Å². The smallest absolute Gasteiger partial charge is 0.308 e. The summed E-state index contributed by atoms with van der Waals surface area (Å²) in [6.45, 7) is 5.02. The number of carboxylic acids is 1. The van der Waals surface area contributed by atoms with Crippen LogP contribution in [0.15, 0.2) is 23.5 Å². The van der Waals surface area contributed by atoms with Crippen LogP contribution in [0.25, 0.3) is 22.4 Å². The SMILES string of the molecule is CCSc1nc(-c2c[nH]c3ncc(F)cc23)nc(N[C@@H](C)[C@H](C)C(=O)O)c1F. The van der Waals surface area contributed by atoms with Crippen molar-refractivity contribution in [3.63, 3.8) is 0 Å². The average Bonchev–Trinajstić information content (AvgIpc) is 3.07. The van der Waals surface area contributed by atoms with Crippen molar-refractivity contribution in [3.8, 4) is 11.4 Å². The van der Waals surface area contributed by atoms with E-state index in [0.29, 0.717) is 22.3 Å². The molecule has 0 amide bonds. The normalized spacial score (nSPS) is 13.5. The number of hydrogen-bond acceptors (Lipinski definition) is 6. The predicted octanol–water partition coefficient (Wildman–Crippen LogP) is 3.93. The summed E-state index contributed by atoms with van der Waals surface area (Å²) in [4.78, 5) is 26.6. The molecule has 7 nitrogen and oxygen atoms in total. The number of aromatic nitrogens is 4. The van der Waals surface area contributed by atoms with Crippen LogP contribution in [0.5, 0.6) is 0 Å². The van der Waals surface area contributed by atoms with Crippen molar-refractivity contribution >= 4 is 34.6 Å². The number of carboxylic acid groups (broad SMARTS) is 1. The third kappa shape index (κ3) is 3.91. The van der Waals surface area contributed by atoms with Gasteiger partial charge in [-0.05, 0) is 25.7 Å². The number of halogens is 2. The maximum absolute atomic E-state index is 14.8. The highest BCUT2D eigenvalue weighted by molar-refractivity contribution is 7.99. The molecule has 3 N–H and O–H groups in total. The van der Waals surface area contributed by atoms with Gasteiger partial charge in [-0.1, -0.05) is 6.92 Å². The van der Waals surface area contributed by atoms with Gasteiger partial charge in [0.15, 0.2) is 17.5 Å². The zero-order valence-corrected chi connectivity index (χ0v) is 16.3. The Morgan fingerprint density at radius 2 is 2.11 bits per heavy atom. The van der Waals surface area contributed by atoms with E-state index < -0.39 is 29.6 Å². The van der Waals surface area contributed by atoms with Crippen LogP contribution in [0.2, 0.25) is 0 Å². The van der Waals surface area contributed by atoms with E-state index in [1.807, 2.05) is 6.92 Å². The number of nitrogens with zero attached hydrogens (tertiary/aromatic N) is 3. The molecule has 0 unspecified atom stereocenters. The first-order chi connectivity index (χ1) is 13.3. The maximum Gasteiger partial charge on any atom is 0.308 e. The molecule has 2 atom stereocenters. The minimum Gasteiger partial charge on any atom is -0.481 e. The molecule has 0 saturated carbocycles. The fourth-order valence-electron chi connectivity index (χ4n) is 2.59. The van der Waals surface area contributed by atoms with Gasteiger partial charge in [0.1, 0.15) is 16.5 Å². The van der Waals surface area contributed by atoms with E-state index in [9.17, 15) is 18.7 Å². The van der Waals surface area contributed by atoms with Gasteiger partial charge >= 0.3 is 5.97 Å². The number of H-pyrrole nitrogens is 1. The van der Waals surface area contributed by atoms with Crippen LogP contribution in [0.1, 0.15) is 20.8 Å². The second-order valence-corrected chi connectivity index (χ2v) is 7.51. The zero-order chi connectivity index (χ0) is 20.4. The van der Waals surface area contributed by atoms with Gasteiger partial charge in [-0.15, -0.1) is 11.8 Å². The van der Waals surface area contributed by atoms with Crippen molar-refractivity contribution in [1.29, 1.82) is 0 Å². The van der Waals surface area contributed by atoms with Crippen LogP contribution in [-0.2, 0) is 4.79 Å². The van der Waals surface area contributed by atoms with Crippen LogP contribution < -0.4 is 5.32 Å². The van der Waals surface area contributed by atoms with Gasteiger partial charge in [0, 0.05) is 23.2 Å². The zero-order valence-electron chi connectivity index (χ0n) is 15.5. The summed E-state index contributed by atoms with van der Waals surface area (Å²) in [7, 11) is 0. The van der Waals surface area contributed by atoms with Gasteiger partial charge in [-0.2, -0.15) is 4.39 Å². The van der Waals surface area contributed by atoms with Crippen molar-refractivity contribution in [2.24, 2.45) is 5.92 Å². The molecule has 3 heterocycles.